The minimum absolute atomic E-state index is 0.0597. The quantitative estimate of drug-likeness (QED) is 0.318. The number of aliphatic hydroxyl groups excluding tert-OH is 2. The molecule has 0 saturated heterocycles. The molecule has 1 fully saturated rings. The molecule has 1 saturated carbocycles. The molecule has 0 spiro atoms. The third-order valence-electron chi connectivity index (χ3n) is 7.55. The maximum Gasteiger partial charge on any atom is 0.122 e. The van der Waals surface area contributed by atoms with Crippen molar-refractivity contribution in [2.45, 2.75) is 84.5 Å². The molecule has 0 bridgehead atoms. The number of hydrogen-bond acceptors (Lipinski definition) is 4. The summed E-state index contributed by atoms with van der Waals surface area (Å²) in [5.74, 6) is 1.50. The summed E-state index contributed by atoms with van der Waals surface area (Å²) < 4.78 is 0. The van der Waals surface area contributed by atoms with Gasteiger partial charge in [0.25, 0.3) is 0 Å². The Balaban J connectivity index is 2.11. The molecule has 2 unspecified atom stereocenters. The second kappa shape index (κ2) is 11.9. The van der Waals surface area contributed by atoms with Gasteiger partial charge in [-0.1, -0.05) is 44.0 Å². The lowest BCUT2D eigenvalue weighted by atomic mass is 9.74. The Morgan fingerprint density at radius 3 is 1.64 bits per heavy atom. The van der Waals surface area contributed by atoms with E-state index in [-0.39, 0.29) is 19.1 Å². The highest BCUT2D eigenvalue weighted by atomic mass is 16.3. The summed E-state index contributed by atoms with van der Waals surface area (Å²) in [5.41, 5.74) is 5.96. The molecule has 33 heavy (non-hydrogen) atoms. The van der Waals surface area contributed by atoms with Gasteiger partial charge in [-0.3, -0.25) is 0 Å². The number of phenolic OH excluding ortho intramolecular Hbond substituents is 2. The number of aryl methyl sites for hydroxylation is 4. The van der Waals surface area contributed by atoms with Crippen molar-refractivity contribution in [2.24, 2.45) is 11.8 Å². The van der Waals surface area contributed by atoms with Gasteiger partial charge in [0.1, 0.15) is 11.5 Å². The number of hydrogen-bond donors (Lipinski definition) is 4. The largest absolute Gasteiger partial charge is 0.507 e. The van der Waals surface area contributed by atoms with Crippen LogP contribution in [0.4, 0.5) is 0 Å². The molecule has 3 rings (SSSR count). The van der Waals surface area contributed by atoms with E-state index in [0.29, 0.717) is 23.3 Å². The highest BCUT2D eigenvalue weighted by Crippen LogP contribution is 2.50. The molecule has 1 aliphatic rings. The Labute approximate surface area is 199 Å². The molecule has 0 amide bonds. The van der Waals surface area contributed by atoms with E-state index in [1.807, 2.05) is 13.8 Å². The smallest absolute Gasteiger partial charge is 0.122 e. The van der Waals surface area contributed by atoms with E-state index in [4.69, 9.17) is 0 Å². The average Bonchev–Trinajstić information content (AvgIpc) is 3.20. The number of unbranched alkanes of at least 4 members (excludes halogenated alkanes) is 2. The molecule has 0 aliphatic heterocycles. The van der Waals surface area contributed by atoms with E-state index < -0.39 is 0 Å². The minimum atomic E-state index is -0.0597. The zero-order chi connectivity index (χ0) is 24.0. The van der Waals surface area contributed by atoms with E-state index in [1.54, 1.807) is 0 Å². The first-order valence-electron chi connectivity index (χ1n) is 12.7. The number of rotatable bonds is 11. The van der Waals surface area contributed by atoms with Gasteiger partial charge >= 0.3 is 0 Å². The van der Waals surface area contributed by atoms with Gasteiger partial charge in [-0.25, -0.2) is 0 Å². The molecule has 2 atom stereocenters. The van der Waals surface area contributed by atoms with E-state index in [9.17, 15) is 20.4 Å². The van der Waals surface area contributed by atoms with Crippen LogP contribution in [0.5, 0.6) is 11.5 Å². The fraction of sp³-hybridized carbons (Fsp3) is 0.586. The van der Waals surface area contributed by atoms with Crippen molar-refractivity contribution in [3.05, 3.63) is 57.6 Å². The second-order valence-corrected chi connectivity index (χ2v) is 10.1. The van der Waals surface area contributed by atoms with Crippen LogP contribution in [0.3, 0.4) is 0 Å². The van der Waals surface area contributed by atoms with Crippen LogP contribution >= 0.6 is 0 Å². The molecule has 4 nitrogen and oxygen atoms in total. The Morgan fingerprint density at radius 2 is 1.24 bits per heavy atom. The van der Waals surface area contributed by atoms with Crippen LogP contribution in [-0.2, 0) is 12.8 Å². The van der Waals surface area contributed by atoms with E-state index >= 15 is 0 Å². The number of aromatic hydroxyl groups is 2. The molecule has 182 valence electrons. The first kappa shape index (κ1) is 25.6. The molecule has 1 aliphatic carbocycles. The van der Waals surface area contributed by atoms with E-state index in [1.165, 1.54) is 24.0 Å². The summed E-state index contributed by atoms with van der Waals surface area (Å²) in [4.78, 5) is 0. The summed E-state index contributed by atoms with van der Waals surface area (Å²) in [6, 6.07) is 8.40. The fourth-order valence-electron chi connectivity index (χ4n) is 5.71. The third-order valence-corrected chi connectivity index (χ3v) is 7.55. The van der Waals surface area contributed by atoms with Crippen LogP contribution in [-0.4, -0.2) is 33.6 Å². The van der Waals surface area contributed by atoms with E-state index in [0.717, 1.165) is 67.2 Å². The fourth-order valence-corrected chi connectivity index (χ4v) is 5.71. The molecule has 0 heterocycles. The van der Waals surface area contributed by atoms with Crippen molar-refractivity contribution in [1.82, 2.24) is 0 Å². The lowest BCUT2D eigenvalue weighted by Gasteiger charge is -2.31. The number of aliphatic hydroxyl groups is 2. The minimum Gasteiger partial charge on any atom is -0.507 e. The zero-order valence-corrected chi connectivity index (χ0v) is 20.6. The lowest BCUT2D eigenvalue weighted by molar-refractivity contribution is 0.284. The molecule has 2 aromatic rings. The van der Waals surface area contributed by atoms with Crippen LogP contribution in [0.15, 0.2) is 24.3 Å². The SMILES string of the molecule is Cc1cc(CCCCO)cc(C(c2cc(CCCCO)cc(C)c2O)C2CCCC2C)c1O. The van der Waals surface area contributed by atoms with Crippen molar-refractivity contribution >= 4 is 0 Å². The maximum absolute atomic E-state index is 11.2. The van der Waals surface area contributed by atoms with Crippen LogP contribution < -0.4 is 0 Å². The summed E-state index contributed by atoms with van der Waals surface area (Å²) in [5, 5.41) is 40.8. The van der Waals surface area contributed by atoms with Gasteiger partial charge in [-0.15, -0.1) is 0 Å². The van der Waals surface area contributed by atoms with Gasteiger partial charge in [0.05, 0.1) is 0 Å². The highest BCUT2D eigenvalue weighted by molar-refractivity contribution is 5.54. The lowest BCUT2D eigenvalue weighted by Crippen LogP contribution is -2.18. The normalized spacial score (nSPS) is 18.4. The molecular weight excluding hydrogens is 412 g/mol. The first-order valence-corrected chi connectivity index (χ1v) is 12.7. The Morgan fingerprint density at radius 1 is 0.758 bits per heavy atom. The summed E-state index contributed by atoms with van der Waals surface area (Å²) >= 11 is 0. The van der Waals surface area contributed by atoms with E-state index in [2.05, 4.69) is 31.2 Å². The molecular formula is C29H42O4. The van der Waals surface area contributed by atoms with Crippen molar-refractivity contribution < 1.29 is 20.4 Å². The van der Waals surface area contributed by atoms with Gasteiger partial charge in [-0.05, 0) is 92.9 Å². The van der Waals surface area contributed by atoms with Crippen LogP contribution in [0, 0.1) is 25.7 Å². The monoisotopic (exact) mass is 454 g/mol. The highest BCUT2D eigenvalue weighted by Gasteiger charge is 2.36. The van der Waals surface area contributed by atoms with Gasteiger partial charge in [0.2, 0.25) is 0 Å². The molecule has 2 aromatic carbocycles. The summed E-state index contributed by atoms with van der Waals surface area (Å²) in [7, 11) is 0. The Bertz CT molecular complexity index is 855. The van der Waals surface area contributed by atoms with Crippen molar-refractivity contribution in [3.8, 4) is 11.5 Å². The Kier molecular flexibility index (Phi) is 9.22. The van der Waals surface area contributed by atoms with Crippen LogP contribution in [0.25, 0.3) is 0 Å². The zero-order valence-electron chi connectivity index (χ0n) is 20.6. The predicted molar refractivity (Wildman–Crippen MR) is 134 cm³/mol. The van der Waals surface area contributed by atoms with Crippen molar-refractivity contribution in [2.75, 3.05) is 13.2 Å². The summed E-state index contributed by atoms with van der Waals surface area (Å²) in [6.45, 7) is 6.61. The molecule has 0 radical (unpaired) electrons. The molecule has 4 N–H and O–H groups in total. The number of benzene rings is 2. The van der Waals surface area contributed by atoms with Gasteiger partial charge in [0.15, 0.2) is 0 Å². The predicted octanol–water partition coefficient (Wildman–Crippen LogP) is 5.91. The first-order chi connectivity index (χ1) is 15.9. The van der Waals surface area contributed by atoms with Crippen molar-refractivity contribution in [3.63, 3.8) is 0 Å². The van der Waals surface area contributed by atoms with Crippen LogP contribution in [0.2, 0.25) is 0 Å². The van der Waals surface area contributed by atoms with Gasteiger partial charge in [-0.2, -0.15) is 0 Å². The van der Waals surface area contributed by atoms with Gasteiger partial charge < -0.3 is 20.4 Å². The maximum atomic E-state index is 11.2. The number of phenols is 2. The average molecular weight is 455 g/mol. The third kappa shape index (κ3) is 6.10. The molecule has 4 heteroatoms. The van der Waals surface area contributed by atoms with Crippen LogP contribution in [0.1, 0.15) is 91.2 Å². The topological polar surface area (TPSA) is 80.9 Å². The van der Waals surface area contributed by atoms with Gasteiger partial charge in [0, 0.05) is 30.3 Å². The molecule has 0 aromatic heterocycles. The standard InChI is InChI=1S/C29H42O4/c1-19-9-8-12-24(19)27(25-17-22(10-4-6-13-30)15-20(2)28(25)32)26-18-23(11-5-7-14-31)16-21(3)29(26)33/h15-19,24,27,30-33H,4-14H2,1-3H3. The van der Waals surface area contributed by atoms with Crippen molar-refractivity contribution in [1.29, 1.82) is 0 Å². The summed E-state index contributed by atoms with van der Waals surface area (Å²) in [6.07, 6.45) is 8.54. The Hall–Kier alpha value is -2.04. The second-order valence-electron chi connectivity index (χ2n) is 10.1.